The van der Waals surface area contributed by atoms with Crippen LogP contribution in [0.2, 0.25) is 0 Å². The van der Waals surface area contributed by atoms with Crippen molar-refractivity contribution < 1.29 is 45.3 Å². The summed E-state index contributed by atoms with van der Waals surface area (Å²) < 4.78 is 71.8. The lowest BCUT2D eigenvalue weighted by atomic mass is 10.2. The number of halogens is 3. The standard InChI is InChI=1S/C10H16NO3S.CHF3O3S/c1-10(2)13-6-7(14-10)8(12)9-11(3)4-5-15-9;2-1(3,4)8(5,6)7/h4-5,7-8,12H,6H2,1-3H3;(H,5,6,7)/q+1;/p-1/t7-,8-;/m1./s1. The first kappa shape index (κ1) is 20.3. The molecular formula is C11H16F3NO6S2. The van der Waals surface area contributed by atoms with Gasteiger partial charge in [-0.25, -0.2) is 8.42 Å². The number of hydrogen-bond donors (Lipinski definition) is 1. The minimum atomic E-state index is -6.09. The maximum absolute atomic E-state index is 10.7. The normalized spacial score (nSPS) is 22.3. The van der Waals surface area contributed by atoms with Crippen LogP contribution in [-0.4, -0.2) is 42.1 Å². The van der Waals surface area contributed by atoms with Gasteiger partial charge in [0.15, 0.2) is 28.2 Å². The Labute approximate surface area is 135 Å². The van der Waals surface area contributed by atoms with Crippen LogP contribution in [0.25, 0.3) is 0 Å². The number of aryl methyl sites for hydroxylation is 1. The maximum Gasteiger partial charge on any atom is 0.485 e. The predicted octanol–water partition coefficient (Wildman–Crippen LogP) is 0.809. The lowest BCUT2D eigenvalue weighted by Gasteiger charge is -2.18. The Bertz CT molecular complexity index is 628. The molecule has 0 aromatic carbocycles. The Morgan fingerprint density at radius 1 is 1.52 bits per heavy atom. The molecule has 2 rings (SSSR count). The van der Waals surface area contributed by atoms with E-state index in [0.717, 1.165) is 5.01 Å². The summed E-state index contributed by atoms with van der Waals surface area (Å²) in [5.74, 6) is -0.582. The van der Waals surface area contributed by atoms with Crippen molar-refractivity contribution in [2.45, 2.75) is 37.4 Å². The van der Waals surface area contributed by atoms with E-state index in [4.69, 9.17) is 22.4 Å². The van der Waals surface area contributed by atoms with Gasteiger partial charge in [0.25, 0.3) is 5.01 Å². The molecule has 0 bridgehead atoms. The van der Waals surface area contributed by atoms with Gasteiger partial charge in [0.2, 0.25) is 0 Å². The number of hydrogen-bond acceptors (Lipinski definition) is 7. The van der Waals surface area contributed by atoms with Gasteiger partial charge in [-0.1, -0.05) is 11.3 Å². The van der Waals surface area contributed by atoms with Crippen LogP contribution in [0.3, 0.4) is 0 Å². The van der Waals surface area contributed by atoms with Gasteiger partial charge in [-0.2, -0.15) is 17.7 Å². The number of aliphatic hydroxyl groups excluding tert-OH is 1. The van der Waals surface area contributed by atoms with Crippen molar-refractivity contribution in [3.63, 3.8) is 0 Å². The fraction of sp³-hybridized carbons (Fsp3) is 0.727. The Balaban J connectivity index is 0.000000284. The summed E-state index contributed by atoms with van der Waals surface area (Å²) in [6, 6.07) is 0. The van der Waals surface area contributed by atoms with Gasteiger partial charge in [-0.05, 0) is 13.8 Å². The molecule has 134 valence electrons. The lowest BCUT2D eigenvalue weighted by molar-refractivity contribution is -0.678. The minimum Gasteiger partial charge on any atom is -0.741 e. The van der Waals surface area contributed by atoms with Gasteiger partial charge in [0.05, 0.1) is 12.0 Å². The van der Waals surface area contributed by atoms with Crippen LogP contribution in [0, 0.1) is 0 Å². The molecule has 12 heteroatoms. The molecule has 7 nitrogen and oxygen atoms in total. The molecular weight excluding hydrogens is 363 g/mol. The number of thiazole rings is 1. The predicted molar refractivity (Wildman–Crippen MR) is 71.1 cm³/mol. The van der Waals surface area contributed by atoms with Crippen molar-refractivity contribution in [3.8, 4) is 0 Å². The highest BCUT2D eigenvalue weighted by Gasteiger charge is 2.40. The van der Waals surface area contributed by atoms with Crippen LogP contribution in [0.4, 0.5) is 13.2 Å². The summed E-state index contributed by atoms with van der Waals surface area (Å²) in [4.78, 5) is 0. The molecule has 0 spiro atoms. The van der Waals surface area contributed by atoms with E-state index in [9.17, 15) is 18.3 Å². The third kappa shape index (κ3) is 5.65. The van der Waals surface area contributed by atoms with Crippen LogP contribution in [0.1, 0.15) is 25.0 Å². The Kier molecular flexibility index (Phi) is 6.15. The van der Waals surface area contributed by atoms with Gasteiger partial charge < -0.3 is 19.1 Å². The minimum absolute atomic E-state index is 0.273. The highest BCUT2D eigenvalue weighted by atomic mass is 32.2. The second-order valence-electron chi connectivity index (χ2n) is 5.06. The topological polar surface area (TPSA) is 99.8 Å². The van der Waals surface area contributed by atoms with E-state index in [-0.39, 0.29) is 6.10 Å². The van der Waals surface area contributed by atoms with Crippen LogP contribution >= 0.6 is 11.3 Å². The fourth-order valence-corrected chi connectivity index (χ4v) is 2.56. The number of aliphatic hydroxyl groups is 1. The third-order valence-corrected chi connectivity index (χ3v) is 4.34. The Morgan fingerprint density at radius 3 is 2.35 bits per heavy atom. The Hall–Kier alpha value is -0.790. The fourth-order valence-electron chi connectivity index (χ4n) is 1.66. The molecule has 0 radical (unpaired) electrons. The van der Waals surface area contributed by atoms with Crippen molar-refractivity contribution in [2.75, 3.05) is 6.61 Å². The van der Waals surface area contributed by atoms with Gasteiger partial charge in [0.1, 0.15) is 13.2 Å². The largest absolute Gasteiger partial charge is 0.741 e. The quantitative estimate of drug-likeness (QED) is 0.464. The van der Waals surface area contributed by atoms with E-state index in [2.05, 4.69) is 0 Å². The summed E-state index contributed by atoms with van der Waals surface area (Å²) in [6.45, 7) is 4.15. The van der Waals surface area contributed by atoms with E-state index in [1.165, 1.54) is 11.3 Å². The monoisotopic (exact) mass is 379 g/mol. The smallest absolute Gasteiger partial charge is 0.485 e. The van der Waals surface area contributed by atoms with Crippen molar-refractivity contribution >= 4 is 21.5 Å². The van der Waals surface area contributed by atoms with Gasteiger partial charge >= 0.3 is 5.51 Å². The molecule has 1 aromatic heterocycles. The molecule has 1 aromatic rings. The first-order chi connectivity index (χ1) is 10.2. The molecule has 1 aliphatic rings. The molecule has 1 saturated heterocycles. The van der Waals surface area contributed by atoms with E-state index >= 15 is 0 Å². The molecule has 0 amide bonds. The molecule has 0 aliphatic carbocycles. The summed E-state index contributed by atoms with van der Waals surface area (Å²) in [6.07, 6.45) is 1.03. The number of rotatable bonds is 2. The molecule has 1 aliphatic heterocycles. The Morgan fingerprint density at radius 2 is 2.04 bits per heavy atom. The number of alkyl halides is 3. The van der Waals surface area contributed by atoms with Crippen LogP contribution in [-0.2, 0) is 26.6 Å². The second-order valence-corrected chi connectivity index (χ2v) is 7.36. The SMILES string of the molecule is C[n+]1ccsc1[C@H](O)[C@H]1COC(C)(C)O1.O=S(=O)([O-])C(F)(F)F. The van der Waals surface area contributed by atoms with E-state index in [0.29, 0.717) is 6.61 Å². The number of ether oxygens (including phenoxy) is 2. The van der Waals surface area contributed by atoms with Crippen molar-refractivity contribution in [1.82, 2.24) is 0 Å². The van der Waals surface area contributed by atoms with Gasteiger partial charge in [0, 0.05) is 0 Å². The first-order valence-electron chi connectivity index (χ1n) is 6.19. The second kappa shape index (κ2) is 6.99. The third-order valence-electron chi connectivity index (χ3n) is 2.74. The van der Waals surface area contributed by atoms with Crippen LogP contribution in [0.5, 0.6) is 0 Å². The first-order valence-corrected chi connectivity index (χ1v) is 8.48. The summed E-state index contributed by atoms with van der Waals surface area (Å²) in [5.41, 5.74) is -5.65. The average Bonchev–Trinajstić information content (AvgIpc) is 2.92. The lowest BCUT2D eigenvalue weighted by Crippen LogP contribution is -2.36. The van der Waals surface area contributed by atoms with Crippen molar-refractivity contribution in [3.05, 3.63) is 16.6 Å². The highest BCUT2D eigenvalue weighted by Crippen LogP contribution is 2.30. The zero-order valence-electron chi connectivity index (χ0n) is 12.4. The zero-order valence-corrected chi connectivity index (χ0v) is 14.0. The van der Waals surface area contributed by atoms with E-state index in [1.807, 2.05) is 37.0 Å². The molecule has 2 heterocycles. The summed E-state index contributed by atoms with van der Waals surface area (Å²) in [7, 11) is -4.18. The zero-order chi connectivity index (χ0) is 18.1. The summed E-state index contributed by atoms with van der Waals surface area (Å²) in [5, 5.41) is 12.9. The molecule has 0 saturated carbocycles. The molecule has 1 fully saturated rings. The number of nitrogens with zero attached hydrogens (tertiary/aromatic N) is 1. The van der Waals surface area contributed by atoms with Gasteiger partial charge in [-0.15, -0.1) is 0 Å². The van der Waals surface area contributed by atoms with Gasteiger partial charge in [-0.3, -0.25) is 0 Å². The van der Waals surface area contributed by atoms with Crippen molar-refractivity contribution in [1.29, 1.82) is 0 Å². The van der Waals surface area contributed by atoms with E-state index < -0.39 is 27.5 Å². The van der Waals surface area contributed by atoms with Crippen molar-refractivity contribution in [2.24, 2.45) is 7.05 Å². The average molecular weight is 379 g/mol. The number of aromatic nitrogens is 1. The van der Waals surface area contributed by atoms with E-state index in [1.54, 1.807) is 0 Å². The highest BCUT2D eigenvalue weighted by molar-refractivity contribution is 7.86. The molecule has 0 unspecified atom stereocenters. The molecule has 23 heavy (non-hydrogen) atoms. The van der Waals surface area contributed by atoms with Crippen LogP contribution in [0.15, 0.2) is 11.6 Å². The summed E-state index contributed by atoms with van der Waals surface area (Å²) >= 11 is 1.52. The maximum atomic E-state index is 10.7. The molecule has 1 N–H and O–H groups in total. The van der Waals surface area contributed by atoms with Crippen LogP contribution < -0.4 is 4.57 Å². The molecule has 2 atom stereocenters.